The van der Waals surface area contributed by atoms with Crippen LogP contribution in [0.15, 0.2) is 152 Å². The number of hydrogen-bond acceptors (Lipinski definition) is 2. The number of rotatable bonds is 4. The number of para-hydroxylation sites is 3. The molecule has 0 aliphatic heterocycles. The average Bonchev–Trinajstić information content (AvgIpc) is 3.77. The normalized spacial score (nSPS) is 11.7. The number of aromatic nitrogens is 5. The van der Waals surface area contributed by atoms with Gasteiger partial charge in [-0.2, -0.15) is 0 Å². The third-order valence-electron chi connectivity index (χ3n) is 8.37. The molecular formula is C38H25N5. The van der Waals surface area contributed by atoms with E-state index in [-0.39, 0.29) is 0 Å². The molecule has 0 saturated heterocycles. The maximum Gasteiger partial charge on any atom is 0.241 e. The summed E-state index contributed by atoms with van der Waals surface area (Å²) in [6, 6.07) is 51.1. The predicted molar refractivity (Wildman–Crippen MR) is 175 cm³/mol. The van der Waals surface area contributed by atoms with Crippen molar-refractivity contribution in [3.8, 4) is 28.7 Å². The Morgan fingerprint density at radius 1 is 0.419 bits per heavy atom. The van der Waals surface area contributed by atoms with E-state index in [4.69, 9.17) is 10.2 Å². The lowest BCUT2D eigenvalue weighted by Gasteiger charge is -2.13. The molecule has 202 valence electrons. The molecule has 0 aliphatic rings. The minimum Gasteiger partial charge on any atom is -0.317 e. The van der Waals surface area contributed by atoms with Crippen molar-refractivity contribution in [1.29, 1.82) is 0 Å². The lowest BCUT2D eigenvalue weighted by Crippen LogP contribution is -2.06. The minimum atomic E-state index is 0.756. The van der Waals surface area contributed by atoms with Crippen molar-refractivity contribution >= 4 is 43.5 Å². The summed E-state index contributed by atoms with van der Waals surface area (Å²) < 4.78 is 6.68. The van der Waals surface area contributed by atoms with E-state index in [1.54, 1.807) is 0 Å². The molecule has 0 radical (unpaired) electrons. The highest BCUT2D eigenvalue weighted by molar-refractivity contribution is 6.14. The van der Waals surface area contributed by atoms with Crippen LogP contribution in [0.1, 0.15) is 0 Å². The van der Waals surface area contributed by atoms with E-state index in [0.717, 1.165) is 39.7 Å². The summed E-state index contributed by atoms with van der Waals surface area (Å²) >= 11 is 0. The van der Waals surface area contributed by atoms with Gasteiger partial charge in [0.1, 0.15) is 0 Å². The molecule has 0 amide bonds. The lowest BCUT2D eigenvalue weighted by atomic mass is 10.0. The molecule has 0 unspecified atom stereocenters. The standard InChI is InChI=1S/C38H25N5/c1-4-12-26(13-5-1)37-39-40-38(42(37)31-16-8-3-9-17-31)43-34-19-11-10-18-32(34)33-23-29-24-35-27(22-28(29)25-36(33)43)20-21-41(35)30-14-6-2-7-15-30/h1-25H. The first-order valence-electron chi connectivity index (χ1n) is 14.4. The van der Waals surface area contributed by atoms with Crippen LogP contribution in [0.25, 0.3) is 72.2 Å². The molecule has 9 aromatic rings. The van der Waals surface area contributed by atoms with E-state index < -0.39 is 0 Å². The van der Waals surface area contributed by atoms with Crippen molar-refractivity contribution in [2.75, 3.05) is 0 Å². The summed E-state index contributed by atoms with van der Waals surface area (Å²) in [5.41, 5.74) is 6.57. The Balaban J connectivity index is 1.34. The van der Waals surface area contributed by atoms with E-state index in [1.165, 1.54) is 32.4 Å². The molecule has 0 fully saturated rings. The Bertz CT molecular complexity index is 2430. The topological polar surface area (TPSA) is 40.6 Å². The largest absolute Gasteiger partial charge is 0.317 e. The monoisotopic (exact) mass is 551 g/mol. The molecule has 6 aromatic carbocycles. The maximum atomic E-state index is 4.85. The molecule has 5 heteroatoms. The third kappa shape index (κ3) is 3.65. The van der Waals surface area contributed by atoms with Crippen LogP contribution in [0.3, 0.4) is 0 Å². The molecule has 0 bridgehead atoms. The predicted octanol–water partition coefficient (Wildman–Crippen LogP) is 9.13. The Hall–Kier alpha value is -5.94. The molecule has 0 atom stereocenters. The zero-order valence-corrected chi connectivity index (χ0v) is 23.2. The number of nitrogens with zero attached hydrogens (tertiary/aromatic N) is 5. The molecule has 43 heavy (non-hydrogen) atoms. The third-order valence-corrected chi connectivity index (χ3v) is 8.37. The quantitative estimate of drug-likeness (QED) is 0.219. The zero-order chi connectivity index (χ0) is 28.3. The van der Waals surface area contributed by atoms with E-state index in [2.05, 4.69) is 141 Å². The summed E-state index contributed by atoms with van der Waals surface area (Å²) in [6.45, 7) is 0. The van der Waals surface area contributed by atoms with Gasteiger partial charge in [0.05, 0.1) is 22.2 Å². The van der Waals surface area contributed by atoms with Gasteiger partial charge in [-0.25, -0.2) is 0 Å². The van der Waals surface area contributed by atoms with Crippen LogP contribution >= 0.6 is 0 Å². The van der Waals surface area contributed by atoms with Crippen molar-refractivity contribution in [3.63, 3.8) is 0 Å². The van der Waals surface area contributed by atoms with Crippen LogP contribution in [0.4, 0.5) is 0 Å². The summed E-state index contributed by atoms with van der Waals surface area (Å²) in [5.74, 6) is 1.56. The lowest BCUT2D eigenvalue weighted by molar-refractivity contribution is 0.933. The molecule has 3 heterocycles. The van der Waals surface area contributed by atoms with Gasteiger partial charge in [0, 0.05) is 33.6 Å². The molecule has 0 spiro atoms. The van der Waals surface area contributed by atoms with E-state index >= 15 is 0 Å². The Morgan fingerprint density at radius 3 is 1.86 bits per heavy atom. The minimum absolute atomic E-state index is 0.756. The van der Waals surface area contributed by atoms with Crippen molar-refractivity contribution in [2.45, 2.75) is 0 Å². The average molecular weight is 552 g/mol. The van der Waals surface area contributed by atoms with Gasteiger partial charge in [0.25, 0.3) is 0 Å². The van der Waals surface area contributed by atoms with E-state index in [1.807, 2.05) is 24.3 Å². The molecule has 5 nitrogen and oxygen atoms in total. The first-order chi connectivity index (χ1) is 21.3. The van der Waals surface area contributed by atoms with E-state index in [9.17, 15) is 0 Å². The summed E-state index contributed by atoms with van der Waals surface area (Å²) in [6.07, 6.45) is 2.15. The second-order valence-electron chi connectivity index (χ2n) is 10.9. The Morgan fingerprint density at radius 2 is 1.07 bits per heavy atom. The van der Waals surface area contributed by atoms with Gasteiger partial charge in [-0.05, 0) is 71.4 Å². The summed E-state index contributed by atoms with van der Waals surface area (Å²) in [4.78, 5) is 0. The molecule has 0 N–H and O–H groups in total. The number of hydrogen-bond donors (Lipinski definition) is 0. The fourth-order valence-electron chi connectivity index (χ4n) is 6.39. The summed E-state index contributed by atoms with van der Waals surface area (Å²) in [7, 11) is 0. The Labute approximate surface area is 247 Å². The molecule has 3 aromatic heterocycles. The highest BCUT2D eigenvalue weighted by Crippen LogP contribution is 2.37. The number of benzene rings is 6. The van der Waals surface area contributed by atoms with Gasteiger partial charge in [0.2, 0.25) is 5.95 Å². The van der Waals surface area contributed by atoms with Gasteiger partial charge in [0.15, 0.2) is 5.82 Å². The van der Waals surface area contributed by atoms with Gasteiger partial charge < -0.3 is 4.57 Å². The highest BCUT2D eigenvalue weighted by Gasteiger charge is 2.22. The second kappa shape index (κ2) is 9.29. The fourth-order valence-corrected chi connectivity index (χ4v) is 6.39. The smallest absolute Gasteiger partial charge is 0.241 e. The second-order valence-corrected chi connectivity index (χ2v) is 10.9. The van der Waals surface area contributed by atoms with Gasteiger partial charge in [-0.3, -0.25) is 9.13 Å². The molecule has 0 saturated carbocycles. The SMILES string of the molecule is c1ccc(-c2nnc(-n3c4ccccc4c4cc5cc6c(ccn6-c6ccccc6)cc5cc43)n2-c2ccccc2)cc1. The number of fused-ring (bicyclic) bond motifs is 5. The van der Waals surface area contributed by atoms with Crippen molar-refractivity contribution < 1.29 is 0 Å². The fraction of sp³-hybridized carbons (Fsp3) is 0. The van der Waals surface area contributed by atoms with Crippen molar-refractivity contribution in [3.05, 3.63) is 152 Å². The van der Waals surface area contributed by atoms with Crippen LogP contribution in [-0.4, -0.2) is 23.9 Å². The van der Waals surface area contributed by atoms with Crippen LogP contribution in [0.5, 0.6) is 0 Å². The van der Waals surface area contributed by atoms with Crippen molar-refractivity contribution in [1.82, 2.24) is 23.9 Å². The van der Waals surface area contributed by atoms with Crippen LogP contribution in [-0.2, 0) is 0 Å². The maximum absolute atomic E-state index is 4.85. The van der Waals surface area contributed by atoms with E-state index in [0.29, 0.717) is 0 Å². The molecular weight excluding hydrogens is 526 g/mol. The molecule has 9 rings (SSSR count). The first-order valence-corrected chi connectivity index (χ1v) is 14.4. The zero-order valence-electron chi connectivity index (χ0n) is 23.2. The highest BCUT2D eigenvalue weighted by atomic mass is 15.4. The summed E-state index contributed by atoms with van der Waals surface area (Å²) in [5, 5.41) is 15.6. The Kier molecular flexibility index (Phi) is 5.13. The van der Waals surface area contributed by atoms with Crippen molar-refractivity contribution in [2.24, 2.45) is 0 Å². The van der Waals surface area contributed by atoms with Crippen LogP contribution in [0.2, 0.25) is 0 Å². The first kappa shape index (κ1) is 23.7. The van der Waals surface area contributed by atoms with Gasteiger partial charge >= 0.3 is 0 Å². The van der Waals surface area contributed by atoms with Gasteiger partial charge in [-0.1, -0.05) is 84.9 Å². The van der Waals surface area contributed by atoms with Crippen LogP contribution in [0, 0.1) is 0 Å². The van der Waals surface area contributed by atoms with Crippen LogP contribution < -0.4 is 0 Å². The van der Waals surface area contributed by atoms with Gasteiger partial charge in [-0.15, -0.1) is 10.2 Å². The molecule has 0 aliphatic carbocycles.